The molecule has 0 aliphatic heterocycles. The van der Waals surface area contributed by atoms with Gasteiger partial charge in [-0.3, -0.25) is 0 Å². The minimum absolute atomic E-state index is 0.542. The largest absolute Gasteiger partial charge is 0.0651 e. The lowest BCUT2D eigenvalue weighted by molar-refractivity contribution is -0.141. The van der Waals surface area contributed by atoms with Crippen molar-refractivity contribution < 1.29 is 0 Å². The summed E-state index contributed by atoms with van der Waals surface area (Å²) in [5.74, 6) is 9.41. The zero-order chi connectivity index (χ0) is 35.6. The van der Waals surface area contributed by atoms with Gasteiger partial charge in [0.15, 0.2) is 0 Å². The average Bonchev–Trinajstić information content (AvgIpc) is 3.79. The van der Waals surface area contributed by atoms with Crippen molar-refractivity contribution in [3.8, 4) is 0 Å². The molecule has 0 N–H and O–H groups in total. The second-order valence-electron chi connectivity index (χ2n) is 20.2. The summed E-state index contributed by atoms with van der Waals surface area (Å²) in [6, 6.07) is 0. The first-order valence-electron chi connectivity index (χ1n) is 20.5. The van der Waals surface area contributed by atoms with E-state index in [0.29, 0.717) is 5.41 Å². The molecule has 2 unspecified atom stereocenters. The molecule has 6 aliphatic carbocycles. The van der Waals surface area contributed by atoms with Gasteiger partial charge in [-0.25, -0.2) is 0 Å². The maximum absolute atomic E-state index is 2.40. The molecule has 1 spiro atoms. The smallest absolute Gasteiger partial charge is 0.0263 e. The molecular formula is C45H92. The first-order chi connectivity index (χ1) is 20.5. The van der Waals surface area contributed by atoms with Crippen LogP contribution in [0, 0.1) is 80.8 Å². The molecule has 0 aromatic heterocycles. The Labute approximate surface area is 289 Å². The first kappa shape index (κ1) is 45.0. The van der Waals surface area contributed by atoms with Crippen molar-refractivity contribution in [1.29, 1.82) is 0 Å². The molecule has 0 aromatic rings. The third-order valence-electron chi connectivity index (χ3n) is 14.7. The fourth-order valence-corrected chi connectivity index (χ4v) is 6.50. The van der Waals surface area contributed by atoms with E-state index in [9.17, 15) is 0 Å². The Bertz CT molecular complexity index is 695. The van der Waals surface area contributed by atoms with Crippen LogP contribution >= 0.6 is 0 Å². The topological polar surface area (TPSA) is 0 Å². The minimum atomic E-state index is 0.542. The quantitative estimate of drug-likeness (QED) is 0.250. The van der Waals surface area contributed by atoms with Crippen LogP contribution in [0.4, 0.5) is 0 Å². The number of rotatable bonds is 8. The Hall–Kier alpha value is 0. The van der Waals surface area contributed by atoms with Gasteiger partial charge in [-0.05, 0) is 132 Å². The lowest BCUT2D eigenvalue weighted by Crippen LogP contribution is -2.54. The molecule has 0 amide bonds. The molecule has 6 saturated carbocycles. The van der Waals surface area contributed by atoms with Gasteiger partial charge in [-0.2, -0.15) is 0 Å². The number of hydrogen-bond donors (Lipinski definition) is 0. The Morgan fingerprint density at radius 1 is 0.600 bits per heavy atom. The van der Waals surface area contributed by atoms with Crippen LogP contribution in [-0.4, -0.2) is 0 Å². The van der Waals surface area contributed by atoms with Gasteiger partial charge in [0.1, 0.15) is 0 Å². The highest BCUT2D eigenvalue weighted by Crippen LogP contribution is 2.72. The fourth-order valence-electron chi connectivity index (χ4n) is 6.50. The van der Waals surface area contributed by atoms with E-state index in [1.165, 1.54) is 32.1 Å². The third kappa shape index (κ3) is 15.0. The van der Waals surface area contributed by atoms with E-state index >= 15 is 0 Å². The first-order valence-corrected chi connectivity index (χ1v) is 20.5. The Morgan fingerprint density at radius 3 is 1.07 bits per heavy atom. The van der Waals surface area contributed by atoms with E-state index in [4.69, 9.17) is 0 Å². The molecule has 0 aromatic carbocycles. The molecule has 272 valence electrons. The molecule has 0 heterocycles. The average molecular weight is 633 g/mol. The van der Waals surface area contributed by atoms with E-state index < -0.39 is 0 Å². The molecule has 0 nitrogen and oxygen atoms in total. The predicted octanol–water partition coefficient (Wildman–Crippen LogP) is 15.8. The maximum Gasteiger partial charge on any atom is -0.0263 e. The van der Waals surface area contributed by atoms with E-state index in [1.54, 1.807) is 38.5 Å². The second kappa shape index (κ2) is 19.3. The molecule has 6 aliphatic rings. The molecule has 6 fully saturated rings. The van der Waals surface area contributed by atoms with Crippen LogP contribution in [0.1, 0.15) is 209 Å². The molecule has 6 rings (SSSR count). The van der Waals surface area contributed by atoms with Gasteiger partial charge < -0.3 is 0 Å². The van der Waals surface area contributed by atoms with Gasteiger partial charge in [0.05, 0.1) is 0 Å². The van der Waals surface area contributed by atoms with E-state index in [-0.39, 0.29) is 0 Å². The van der Waals surface area contributed by atoms with Crippen molar-refractivity contribution in [3.63, 3.8) is 0 Å². The van der Waals surface area contributed by atoms with Crippen LogP contribution in [0.3, 0.4) is 0 Å². The van der Waals surface area contributed by atoms with Crippen LogP contribution < -0.4 is 0 Å². The van der Waals surface area contributed by atoms with Gasteiger partial charge in [0.25, 0.3) is 0 Å². The summed E-state index contributed by atoms with van der Waals surface area (Å²) in [4.78, 5) is 0. The molecule has 45 heavy (non-hydrogen) atoms. The Balaban J connectivity index is 0.000000518. The normalized spacial score (nSPS) is 26.5. The van der Waals surface area contributed by atoms with Crippen molar-refractivity contribution in [3.05, 3.63) is 0 Å². The van der Waals surface area contributed by atoms with Crippen molar-refractivity contribution in [2.24, 2.45) is 80.8 Å². The SMILES string of the molecule is CC(C)C(C)C.CC(C)C1(C)CCC1.CC(C)C12CC(C1)C2.CC(C)C1CC12CC2.CCC(C)(C)C(C)C.CCC(C)C(C)C. The van der Waals surface area contributed by atoms with Crippen LogP contribution in [0.15, 0.2) is 0 Å². The Kier molecular flexibility index (Phi) is 19.3. The molecule has 0 radical (unpaired) electrons. The van der Waals surface area contributed by atoms with Gasteiger partial charge in [0.2, 0.25) is 0 Å². The molecule has 2 atom stereocenters. The zero-order valence-electron chi connectivity index (χ0n) is 35.6. The van der Waals surface area contributed by atoms with Crippen molar-refractivity contribution in [1.82, 2.24) is 0 Å². The fraction of sp³-hybridized carbons (Fsp3) is 1.00. The van der Waals surface area contributed by atoms with Gasteiger partial charge in [-0.1, -0.05) is 158 Å². The summed E-state index contributed by atoms with van der Waals surface area (Å²) in [6.45, 7) is 46.0. The summed E-state index contributed by atoms with van der Waals surface area (Å²) < 4.78 is 0. The molecule has 0 saturated heterocycles. The molecule has 2 bridgehead atoms. The highest BCUT2D eigenvalue weighted by Gasteiger charge is 2.63. The van der Waals surface area contributed by atoms with Crippen LogP contribution in [0.2, 0.25) is 0 Å². The molecular weight excluding hydrogens is 540 g/mol. The highest BCUT2D eigenvalue weighted by atomic mass is 14.7. The van der Waals surface area contributed by atoms with Crippen molar-refractivity contribution >= 4 is 0 Å². The van der Waals surface area contributed by atoms with Crippen molar-refractivity contribution in [2.75, 3.05) is 0 Å². The van der Waals surface area contributed by atoms with Gasteiger partial charge in [0, 0.05) is 0 Å². The van der Waals surface area contributed by atoms with Crippen LogP contribution in [0.5, 0.6) is 0 Å². The van der Waals surface area contributed by atoms with E-state index in [2.05, 4.69) is 138 Å². The summed E-state index contributed by atoms with van der Waals surface area (Å²) >= 11 is 0. The summed E-state index contributed by atoms with van der Waals surface area (Å²) in [5, 5.41) is 0. The lowest BCUT2D eigenvalue weighted by atomic mass is 9.41. The zero-order valence-corrected chi connectivity index (χ0v) is 35.6. The lowest BCUT2D eigenvalue weighted by Gasteiger charge is -2.64. The summed E-state index contributed by atoms with van der Waals surface area (Å²) in [5.41, 5.74) is 3.07. The van der Waals surface area contributed by atoms with Crippen LogP contribution in [-0.2, 0) is 0 Å². The Morgan fingerprint density at radius 2 is 1.04 bits per heavy atom. The van der Waals surface area contributed by atoms with Crippen LogP contribution in [0.25, 0.3) is 0 Å². The highest BCUT2D eigenvalue weighted by molar-refractivity contribution is 5.12. The maximum atomic E-state index is 2.40. The van der Waals surface area contributed by atoms with E-state index in [1.807, 2.05) is 0 Å². The molecule has 0 heteroatoms. The second-order valence-corrected chi connectivity index (χ2v) is 20.2. The van der Waals surface area contributed by atoms with Gasteiger partial charge in [-0.15, -0.1) is 0 Å². The predicted molar refractivity (Wildman–Crippen MR) is 209 cm³/mol. The van der Waals surface area contributed by atoms with Crippen molar-refractivity contribution in [2.45, 2.75) is 209 Å². The summed E-state index contributed by atoms with van der Waals surface area (Å²) in [6.07, 6.45) is 16.3. The minimum Gasteiger partial charge on any atom is -0.0651 e. The van der Waals surface area contributed by atoms with E-state index in [0.717, 1.165) is 75.4 Å². The standard InChI is InChI=1S/2C8H14.C8H16.C8H18.C7H16.C6H14/c1-6(2)8-3-7(4-8)5-8;1-6(2)7-5-8(7)3-4-8;1-7(2)8(3)5-4-6-8;1-6-8(4,5)7(2)3;1-5-7(4)6(2)3;1-5(2)6(3)4/h2*6-7H,3-5H2,1-2H3;7H,4-6H2,1-3H3;7H,6H2,1-5H3;6-7H,5H2,1-4H3;5-6H,1-4H3. The van der Waals surface area contributed by atoms with Gasteiger partial charge >= 0.3 is 0 Å². The monoisotopic (exact) mass is 633 g/mol. The third-order valence-corrected chi connectivity index (χ3v) is 14.7. The summed E-state index contributed by atoms with van der Waals surface area (Å²) in [7, 11) is 0. The number of hydrogen-bond acceptors (Lipinski definition) is 0.